The first kappa shape index (κ1) is 35.8. The second-order valence-corrected chi connectivity index (χ2v) is 26.4. The largest absolute Gasteiger partial charge is 0.409 e. The first-order chi connectivity index (χ1) is 23.5. The molecule has 3 fully saturated rings. The summed E-state index contributed by atoms with van der Waals surface area (Å²) in [5.41, 5.74) is 4.03. The maximum absolute atomic E-state index is 7.92. The highest BCUT2D eigenvalue weighted by Crippen LogP contribution is 2.69. The van der Waals surface area contributed by atoms with Crippen molar-refractivity contribution >= 4 is 27.4 Å². The van der Waals surface area contributed by atoms with E-state index in [0.29, 0.717) is 11.8 Å². The van der Waals surface area contributed by atoms with E-state index < -0.39 is 16.6 Å². The zero-order valence-corrected chi connectivity index (χ0v) is 34.1. The van der Waals surface area contributed by atoms with E-state index in [1.54, 1.807) is 0 Å². The normalized spacial score (nSPS) is 35.6. The Morgan fingerprint density at radius 2 is 1.57 bits per heavy atom. The molecule has 3 aliphatic carbocycles. The molecule has 0 amide bonds. The molecule has 1 aromatic heterocycles. The second-order valence-electron chi connectivity index (χ2n) is 17.0. The Kier molecular flexibility index (Phi) is 9.57. The fourth-order valence-corrected chi connectivity index (χ4v) is 17.2. The van der Waals surface area contributed by atoms with Crippen LogP contribution in [0, 0.1) is 11.3 Å². The van der Waals surface area contributed by atoms with Crippen LogP contribution in [0.5, 0.6) is 0 Å². The fraction of sp³-hybridized carbons (Fsp3) is 0.690. The second kappa shape index (κ2) is 13.1. The highest BCUT2D eigenvalue weighted by atomic mass is 28.4. The molecule has 2 spiro atoms. The molecule has 0 radical (unpaired) electrons. The van der Waals surface area contributed by atoms with Gasteiger partial charge in [0.1, 0.15) is 0 Å². The van der Waals surface area contributed by atoms with Gasteiger partial charge in [0.15, 0.2) is 16.6 Å². The number of benzene rings is 1. The van der Waals surface area contributed by atoms with Crippen LogP contribution in [-0.2, 0) is 13.6 Å². The summed E-state index contributed by atoms with van der Waals surface area (Å²) < 4.78 is 23.3. The first-order valence-corrected chi connectivity index (χ1v) is 25.1. The third-order valence-corrected chi connectivity index (χ3v) is 24.4. The molecule has 5 aliphatic rings. The summed E-state index contributed by atoms with van der Waals surface area (Å²) in [6.45, 7) is 16.8. The maximum atomic E-state index is 7.92. The van der Waals surface area contributed by atoms with Crippen molar-refractivity contribution in [1.29, 1.82) is 0 Å². The van der Waals surface area contributed by atoms with Gasteiger partial charge < -0.3 is 18.5 Å². The topological polar surface area (TPSA) is 43.8 Å². The lowest BCUT2D eigenvalue weighted by Crippen LogP contribution is -2.66. The van der Waals surface area contributed by atoms with E-state index in [-0.39, 0.29) is 34.9 Å². The highest BCUT2D eigenvalue weighted by Gasteiger charge is 2.69. The van der Waals surface area contributed by atoms with Crippen molar-refractivity contribution in [3.8, 4) is 0 Å². The number of aromatic nitrogens is 1. The summed E-state index contributed by atoms with van der Waals surface area (Å²) >= 11 is 0. The van der Waals surface area contributed by atoms with Gasteiger partial charge in [-0.15, -0.1) is 0 Å². The Morgan fingerprint density at radius 1 is 0.878 bits per heavy atom. The van der Waals surface area contributed by atoms with Gasteiger partial charge in [0.05, 0.1) is 23.4 Å². The first-order valence-electron chi connectivity index (χ1n) is 20.0. The van der Waals surface area contributed by atoms with Crippen molar-refractivity contribution in [1.82, 2.24) is 9.88 Å². The van der Waals surface area contributed by atoms with E-state index in [4.69, 9.17) is 13.6 Å². The zero-order chi connectivity index (χ0) is 34.8. The lowest BCUT2D eigenvalue weighted by atomic mass is 9.58. The molecule has 7 heteroatoms. The number of rotatable bonds is 12. The molecule has 2 saturated carbocycles. The molecule has 49 heavy (non-hydrogen) atoms. The van der Waals surface area contributed by atoms with Crippen LogP contribution in [0.2, 0.25) is 36.3 Å². The van der Waals surface area contributed by atoms with E-state index in [1.807, 2.05) is 12.4 Å². The van der Waals surface area contributed by atoms with Gasteiger partial charge in [0.2, 0.25) is 0 Å². The molecule has 1 saturated heterocycles. The number of hydrogen-bond donors (Lipinski definition) is 0. The van der Waals surface area contributed by atoms with Gasteiger partial charge >= 0.3 is 0 Å². The summed E-state index contributed by atoms with van der Waals surface area (Å²) in [7, 11) is 0.658. The van der Waals surface area contributed by atoms with Gasteiger partial charge in [0.25, 0.3) is 0 Å². The van der Waals surface area contributed by atoms with E-state index in [2.05, 4.69) is 109 Å². The standard InChI is InChI=1S/C42H64N2O3Si2/c1-10-48(11-2,12-3)45-38-35-27-33-20-22-40(7)34(31-17-16-30-21-25-43-29-32(30)26-31)18-19-37(40)42(33)24-23-41(35,47-42)28-36(44(8)9)39(38)46-49(13-4,14-5)15-6/h16-17,20-21,25-27,29,34,36-39H,10-15,18-19,22-24,28H2,1-9H3/t34-,36+,37-,38-,39-,40-,41-,42-/m1/s1. The average Bonchev–Trinajstić information content (AvgIpc) is 3.64. The molecule has 2 aromatic rings. The average molecular weight is 701 g/mol. The SMILES string of the molecule is CC[Si](CC)(CC)O[C@H]1[C@H](O[Si](CC)(CC)CC)C2=CC3=CC[C@]4(C)[C@@H](c5ccc6ccncc6c5)CC[C@H]4[C@@]34CC[C@]2(C[C@@H]1N(C)C)O4. The van der Waals surface area contributed by atoms with Crippen LogP contribution in [0.15, 0.2) is 60.0 Å². The van der Waals surface area contributed by atoms with Crippen LogP contribution in [0.1, 0.15) is 98.5 Å². The lowest BCUT2D eigenvalue weighted by molar-refractivity contribution is -0.161. The number of ether oxygens (including phenoxy) is 1. The summed E-state index contributed by atoms with van der Waals surface area (Å²) in [6.07, 6.45) is 15.9. The highest BCUT2D eigenvalue weighted by molar-refractivity contribution is 6.74. The molecule has 0 N–H and O–H groups in total. The smallest absolute Gasteiger partial charge is 0.193 e. The molecule has 7 rings (SSSR count). The minimum absolute atomic E-state index is 0.0410. The number of fused-ring (bicyclic) bond motifs is 2. The predicted molar refractivity (Wildman–Crippen MR) is 208 cm³/mol. The van der Waals surface area contributed by atoms with E-state index in [1.165, 1.54) is 40.3 Å². The summed E-state index contributed by atoms with van der Waals surface area (Å²) in [5.74, 6) is 1.03. The molecule has 268 valence electrons. The van der Waals surface area contributed by atoms with E-state index >= 15 is 0 Å². The summed E-state index contributed by atoms with van der Waals surface area (Å²) in [6, 6.07) is 16.4. The van der Waals surface area contributed by atoms with Gasteiger partial charge in [-0.3, -0.25) is 4.98 Å². The maximum Gasteiger partial charge on any atom is 0.193 e. The fourth-order valence-electron chi connectivity index (χ4n) is 11.6. The van der Waals surface area contributed by atoms with Crippen LogP contribution in [0.3, 0.4) is 0 Å². The number of likely N-dealkylation sites (N-methyl/N-ethyl adjacent to an activating group) is 1. The third-order valence-electron chi connectivity index (χ3n) is 15.1. The molecular weight excluding hydrogens is 637 g/mol. The number of allylic oxidation sites excluding steroid dienone is 1. The van der Waals surface area contributed by atoms with Crippen molar-refractivity contribution < 1.29 is 13.6 Å². The zero-order valence-electron chi connectivity index (χ0n) is 32.1. The Labute approximate surface area is 299 Å². The minimum atomic E-state index is -1.97. The molecule has 2 bridgehead atoms. The molecular formula is C42H64N2O3Si2. The number of nitrogens with zero attached hydrogens (tertiary/aromatic N) is 2. The van der Waals surface area contributed by atoms with Crippen LogP contribution >= 0.6 is 0 Å². The Balaban J connectivity index is 1.32. The van der Waals surface area contributed by atoms with E-state index in [0.717, 1.165) is 61.9 Å². The third kappa shape index (κ3) is 5.46. The van der Waals surface area contributed by atoms with Gasteiger partial charge in [-0.05, 0) is 140 Å². The Bertz CT molecular complexity index is 1580. The van der Waals surface area contributed by atoms with Crippen LogP contribution in [0.4, 0.5) is 0 Å². The molecule has 8 atom stereocenters. The minimum Gasteiger partial charge on any atom is -0.409 e. The van der Waals surface area contributed by atoms with E-state index in [9.17, 15) is 0 Å². The van der Waals surface area contributed by atoms with Crippen molar-refractivity contribution in [2.75, 3.05) is 14.1 Å². The van der Waals surface area contributed by atoms with Crippen molar-refractivity contribution in [2.24, 2.45) is 11.3 Å². The van der Waals surface area contributed by atoms with Crippen LogP contribution in [0.25, 0.3) is 10.8 Å². The van der Waals surface area contributed by atoms with Crippen LogP contribution in [-0.4, -0.2) is 70.1 Å². The lowest BCUT2D eigenvalue weighted by Gasteiger charge is -2.58. The van der Waals surface area contributed by atoms with Gasteiger partial charge in [-0.1, -0.05) is 72.8 Å². The van der Waals surface area contributed by atoms with Gasteiger partial charge in [0, 0.05) is 23.8 Å². The summed E-state index contributed by atoms with van der Waals surface area (Å²) in [4.78, 5) is 6.91. The summed E-state index contributed by atoms with van der Waals surface area (Å²) in [5, 5.41) is 2.53. The van der Waals surface area contributed by atoms with Gasteiger partial charge in [-0.2, -0.15) is 0 Å². The van der Waals surface area contributed by atoms with Gasteiger partial charge in [-0.25, -0.2) is 0 Å². The predicted octanol–water partition coefficient (Wildman–Crippen LogP) is 10.4. The molecule has 3 heterocycles. The van der Waals surface area contributed by atoms with Crippen molar-refractivity contribution in [3.05, 3.63) is 65.5 Å². The Morgan fingerprint density at radius 3 is 2.24 bits per heavy atom. The monoisotopic (exact) mass is 700 g/mol. The van der Waals surface area contributed by atoms with Crippen LogP contribution < -0.4 is 0 Å². The molecule has 1 aromatic carbocycles. The molecule has 2 aliphatic heterocycles. The van der Waals surface area contributed by atoms with Crippen molar-refractivity contribution in [2.45, 2.75) is 159 Å². The molecule has 5 nitrogen and oxygen atoms in total. The Hall–Kier alpha value is -1.62. The number of pyridine rings is 1. The quantitative estimate of drug-likeness (QED) is 0.206. The van der Waals surface area contributed by atoms with Crippen molar-refractivity contribution in [3.63, 3.8) is 0 Å². The number of hydrogen-bond acceptors (Lipinski definition) is 5. The molecule has 0 unspecified atom stereocenters.